The van der Waals surface area contributed by atoms with E-state index in [0.29, 0.717) is 11.5 Å². The zero-order valence-corrected chi connectivity index (χ0v) is 10.5. The van der Waals surface area contributed by atoms with E-state index in [1.165, 1.54) is 6.33 Å². The number of hydrogen-bond acceptors (Lipinski definition) is 5. The van der Waals surface area contributed by atoms with Gasteiger partial charge in [0.25, 0.3) is 0 Å². The molecular formula is C13H14FN5. The normalized spacial score (nSPS) is 17.3. The summed E-state index contributed by atoms with van der Waals surface area (Å²) in [6.45, 7) is 1.77. The standard InChI is InChI=1S/C13H14FN5/c1-7-4-9-8(5-10(7)14)2-3-11(9)18-13-17-6-16-12(15)19-13/h4-6,11H,2-3H2,1H3,(H3,15,16,17,18,19)/t11-/m1/s1. The molecule has 0 spiro atoms. The van der Waals surface area contributed by atoms with Crippen molar-refractivity contribution in [1.29, 1.82) is 0 Å². The molecule has 19 heavy (non-hydrogen) atoms. The van der Waals surface area contributed by atoms with Crippen LogP contribution in [0.2, 0.25) is 0 Å². The number of anilines is 2. The molecule has 0 amide bonds. The number of rotatable bonds is 2. The number of nitrogen functional groups attached to an aromatic ring is 1. The van der Waals surface area contributed by atoms with Gasteiger partial charge in [0, 0.05) is 0 Å². The zero-order chi connectivity index (χ0) is 13.4. The van der Waals surface area contributed by atoms with Crippen molar-refractivity contribution in [3.63, 3.8) is 0 Å². The number of fused-ring (bicyclic) bond motifs is 1. The summed E-state index contributed by atoms with van der Waals surface area (Å²) in [4.78, 5) is 11.8. The maximum Gasteiger partial charge on any atom is 0.227 e. The van der Waals surface area contributed by atoms with Crippen LogP contribution in [0, 0.1) is 12.7 Å². The van der Waals surface area contributed by atoms with Crippen LogP contribution >= 0.6 is 0 Å². The van der Waals surface area contributed by atoms with Crippen LogP contribution in [-0.4, -0.2) is 15.0 Å². The minimum absolute atomic E-state index is 0.0936. The fourth-order valence-electron chi connectivity index (χ4n) is 2.43. The van der Waals surface area contributed by atoms with Gasteiger partial charge < -0.3 is 11.1 Å². The monoisotopic (exact) mass is 259 g/mol. The lowest BCUT2D eigenvalue weighted by Crippen LogP contribution is -2.11. The van der Waals surface area contributed by atoms with Gasteiger partial charge in [0.2, 0.25) is 11.9 Å². The summed E-state index contributed by atoms with van der Waals surface area (Å²) in [5, 5.41) is 3.22. The van der Waals surface area contributed by atoms with Crippen LogP contribution in [0.25, 0.3) is 0 Å². The summed E-state index contributed by atoms with van der Waals surface area (Å²) >= 11 is 0. The second kappa shape index (κ2) is 4.46. The molecule has 0 saturated heterocycles. The Morgan fingerprint density at radius 1 is 1.37 bits per heavy atom. The van der Waals surface area contributed by atoms with E-state index in [0.717, 1.165) is 24.0 Å². The molecule has 1 aromatic carbocycles. The molecular weight excluding hydrogens is 245 g/mol. The van der Waals surface area contributed by atoms with Crippen molar-refractivity contribution in [2.75, 3.05) is 11.1 Å². The van der Waals surface area contributed by atoms with Crippen LogP contribution < -0.4 is 11.1 Å². The number of aromatic nitrogens is 3. The summed E-state index contributed by atoms with van der Waals surface area (Å²) in [6.07, 6.45) is 3.12. The third-order valence-corrected chi connectivity index (χ3v) is 3.39. The van der Waals surface area contributed by atoms with E-state index in [2.05, 4.69) is 20.3 Å². The summed E-state index contributed by atoms with van der Waals surface area (Å²) < 4.78 is 13.5. The Morgan fingerprint density at radius 3 is 3.00 bits per heavy atom. The average molecular weight is 259 g/mol. The molecule has 1 aliphatic rings. The Hall–Kier alpha value is -2.24. The number of aryl methyl sites for hydroxylation is 2. The molecule has 2 aromatic rings. The van der Waals surface area contributed by atoms with Gasteiger partial charge in [-0.15, -0.1) is 0 Å². The molecule has 0 bridgehead atoms. The molecule has 1 atom stereocenters. The summed E-state index contributed by atoms with van der Waals surface area (Å²) in [6, 6.07) is 3.60. The van der Waals surface area contributed by atoms with E-state index in [4.69, 9.17) is 5.73 Å². The number of halogens is 1. The molecule has 0 aliphatic heterocycles. The van der Waals surface area contributed by atoms with Gasteiger partial charge in [-0.1, -0.05) is 6.07 Å². The van der Waals surface area contributed by atoms with Crippen LogP contribution in [0.1, 0.15) is 29.2 Å². The first-order valence-corrected chi connectivity index (χ1v) is 6.13. The Balaban J connectivity index is 1.88. The topological polar surface area (TPSA) is 76.7 Å². The molecule has 0 radical (unpaired) electrons. The minimum Gasteiger partial charge on any atom is -0.368 e. The molecule has 0 fully saturated rings. The molecule has 6 heteroatoms. The van der Waals surface area contributed by atoms with Crippen LogP contribution in [0.3, 0.4) is 0 Å². The lowest BCUT2D eigenvalue weighted by atomic mass is 10.0. The van der Waals surface area contributed by atoms with Crippen molar-refractivity contribution in [1.82, 2.24) is 15.0 Å². The number of nitrogens with two attached hydrogens (primary N) is 1. The molecule has 0 unspecified atom stereocenters. The van der Waals surface area contributed by atoms with Crippen molar-refractivity contribution in [2.24, 2.45) is 0 Å². The van der Waals surface area contributed by atoms with Gasteiger partial charge in [-0.05, 0) is 42.5 Å². The van der Waals surface area contributed by atoms with Crippen LogP contribution in [0.5, 0.6) is 0 Å². The number of nitrogens with zero attached hydrogens (tertiary/aromatic N) is 3. The number of benzene rings is 1. The highest BCUT2D eigenvalue weighted by Gasteiger charge is 2.24. The van der Waals surface area contributed by atoms with Gasteiger partial charge in [-0.25, -0.2) is 14.4 Å². The Bertz CT molecular complexity index is 628. The third kappa shape index (κ3) is 2.21. The van der Waals surface area contributed by atoms with E-state index < -0.39 is 0 Å². The van der Waals surface area contributed by atoms with Gasteiger partial charge in [-0.3, -0.25) is 0 Å². The van der Waals surface area contributed by atoms with Crippen molar-refractivity contribution in [3.8, 4) is 0 Å². The molecule has 98 valence electrons. The lowest BCUT2D eigenvalue weighted by molar-refractivity contribution is 0.616. The first kappa shape index (κ1) is 11.8. The Labute approximate surface area is 110 Å². The van der Waals surface area contributed by atoms with Gasteiger partial charge in [-0.2, -0.15) is 4.98 Å². The first-order valence-electron chi connectivity index (χ1n) is 6.13. The van der Waals surface area contributed by atoms with E-state index in [1.807, 2.05) is 6.07 Å². The Kier molecular flexibility index (Phi) is 2.77. The molecule has 5 nitrogen and oxygen atoms in total. The summed E-state index contributed by atoms with van der Waals surface area (Å²) in [5.41, 5.74) is 8.33. The number of nitrogens with one attached hydrogen (secondary N) is 1. The van der Waals surface area contributed by atoms with Gasteiger partial charge in [0.1, 0.15) is 12.1 Å². The van der Waals surface area contributed by atoms with Crippen molar-refractivity contribution in [2.45, 2.75) is 25.8 Å². The molecule has 1 aromatic heterocycles. The second-order valence-corrected chi connectivity index (χ2v) is 4.70. The van der Waals surface area contributed by atoms with Crippen LogP contribution in [0.15, 0.2) is 18.5 Å². The molecule has 1 aliphatic carbocycles. The van der Waals surface area contributed by atoms with E-state index >= 15 is 0 Å². The van der Waals surface area contributed by atoms with Gasteiger partial charge in [0.05, 0.1) is 6.04 Å². The summed E-state index contributed by atoms with van der Waals surface area (Å²) in [7, 11) is 0. The highest BCUT2D eigenvalue weighted by molar-refractivity contribution is 5.43. The van der Waals surface area contributed by atoms with E-state index in [1.54, 1.807) is 13.0 Å². The molecule has 1 heterocycles. The largest absolute Gasteiger partial charge is 0.368 e. The maximum absolute atomic E-state index is 13.5. The van der Waals surface area contributed by atoms with Crippen LogP contribution in [0.4, 0.5) is 16.3 Å². The summed E-state index contributed by atoms with van der Waals surface area (Å²) in [5.74, 6) is 0.488. The SMILES string of the molecule is Cc1cc2c(cc1F)CC[C@H]2Nc1ncnc(N)n1. The van der Waals surface area contributed by atoms with Crippen molar-refractivity contribution < 1.29 is 4.39 Å². The quantitative estimate of drug-likeness (QED) is 0.862. The Morgan fingerprint density at radius 2 is 2.21 bits per heavy atom. The predicted octanol–water partition coefficient (Wildman–Crippen LogP) is 2.00. The fourth-order valence-corrected chi connectivity index (χ4v) is 2.43. The highest BCUT2D eigenvalue weighted by Crippen LogP contribution is 2.34. The predicted molar refractivity (Wildman–Crippen MR) is 70.1 cm³/mol. The van der Waals surface area contributed by atoms with E-state index in [-0.39, 0.29) is 17.8 Å². The van der Waals surface area contributed by atoms with Crippen LogP contribution in [-0.2, 0) is 6.42 Å². The second-order valence-electron chi connectivity index (χ2n) is 4.70. The van der Waals surface area contributed by atoms with Gasteiger partial charge in [0.15, 0.2) is 0 Å². The van der Waals surface area contributed by atoms with Crippen molar-refractivity contribution >= 4 is 11.9 Å². The minimum atomic E-state index is -0.149. The van der Waals surface area contributed by atoms with Crippen molar-refractivity contribution in [3.05, 3.63) is 41.0 Å². The molecule has 3 rings (SSSR count). The zero-order valence-electron chi connectivity index (χ0n) is 10.5. The highest BCUT2D eigenvalue weighted by atomic mass is 19.1. The third-order valence-electron chi connectivity index (χ3n) is 3.39. The van der Waals surface area contributed by atoms with E-state index in [9.17, 15) is 4.39 Å². The maximum atomic E-state index is 13.5. The molecule has 3 N–H and O–H groups in total. The average Bonchev–Trinajstić information content (AvgIpc) is 2.73. The lowest BCUT2D eigenvalue weighted by Gasteiger charge is -2.14. The van der Waals surface area contributed by atoms with Gasteiger partial charge >= 0.3 is 0 Å². The molecule has 0 saturated carbocycles. The smallest absolute Gasteiger partial charge is 0.227 e. The first-order chi connectivity index (χ1) is 9.13. The fraction of sp³-hybridized carbons (Fsp3) is 0.308. The number of hydrogen-bond donors (Lipinski definition) is 2.